The predicted molar refractivity (Wildman–Crippen MR) is 265 cm³/mol. The van der Waals surface area contributed by atoms with Gasteiger partial charge in [0.05, 0.1) is 0 Å². The molecule has 0 heterocycles. The molecule has 0 aromatic rings. The fourth-order valence-corrected chi connectivity index (χ4v) is 5.34. The highest BCUT2D eigenvalue weighted by atomic mass is 16.6. The number of ether oxygens (including phenoxy) is 3. The van der Waals surface area contributed by atoms with E-state index in [1.54, 1.807) is 0 Å². The average Bonchev–Trinajstić information content (AvgIpc) is 3.27. The van der Waals surface area contributed by atoms with Gasteiger partial charge in [0.2, 0.25) is 0 Å². The molecule has 1 unspecified atom stereocenters. The van der Waals surface area contributed by atoms with Gasteiger partial charge in [0.15, 0.2) is 6.10 Å². The lowest BCUT2D eigenvalue weighted by Crippen LogP contribution is -2.30. The zero-order valence-electron chi connectivity index (χ0n) is 38.5. The summed E-state index contributed by atoms with van der Waals surface area (Å²) in [4.78, 5) is 37.8. The first-order valence-electron chi connectivity index (χ1n) is 23.3. The monoisotopic (exact) mass is 849 g/mol. The molecule has 0 saturated carbocycles. The van der Waals surface area contributed by atoms with E-state index in [1.165, 1.54) is 0 Å². The van der Waals surface area contributed by atoms with E-state index >= 15 is 0 Å². The number of esters is 3. The lowest BCUT2D eigenvalue weighted by molar-refractivity contribution is -0.167. The Hall–Kier alpha value is -5.23. The molecule has 0 spiro atoms. The van der Waals surface area contributed by atoms with E-state index in [-0.39, 0.29) is 50.4 Å². The lowest BCUT2D eigenvalue weighted by Gasteiger charge is -2.18. The standard InChI is InChI=1S/C56H80O6/c1-4-7-10-13-16-19-22-25-27-28-29-32-34-37-40-43-46-49-55(58)61-52-53(51-60-54(57)48-45-42-39-36-33-30-24-21-18-15-12-9-6-3)62-56(59)50-47-44-41-38-35-31-26-23-20-17-14-11-8-5-2/h7-13,15-22,24-34,36,39,53H,4-6,14,23,35,37-38,40-52H2,1-3H3/b10-7-,11-8-,12-9-,16-13-,18-15-,20-17-,22-19-,24-21-,27-25-,29-28+,31-26-,33-30-,34-32-,39-36-. The largest absolute Gasteiger partial charge is 0.462 e. The SMILES string of the molecule is CC\C=C/C=C\C=C/C=C\C=C/CCCC(=O)OCC(COC(=O)CCCCC\C=C/C=C/C=C\C=C/C=C\C=C/CC)OC(=O)CCCCCC/C=C\C/C=C\C/C=C\CC. The quantitative estimate of drug-likeness (QED) is 0.0202. The number of rotatable bonds is 38. The summed E-state index contributed by atoms with van der Waals surface area (Å²) in [6, 6.07) is 0. The molecule has 0 aromatic carbocycles. The molecular weight excluding hydrogens is 769 g/mol. The van der Waals surface area contributed by atoms with Crippen LogP contribution in [0.1, 0.15) is 143 Å². The molecule has 340 valence electrons. The highest BCUT2D eigenvalue weighted by Gasteiger charge is 2.19. The van der Waals surface area contributed by atoms with Crippen LogP contribution in [0.25, 0.3) is 0 Å². The van der Waals surface area contributed by atoms with Crippen LogP contribution in [0.5, 0.6) is 0 Å². The van der Waals surface area contributed by atoms with Crippen LogP contribution in [0.2, 0.25) is 0 Å². The van der Waals surface area contributed by atoms with Gasteiger partial charge in [-0.25, -0.2) is 0 Å². The van der Waals surface area contributed by atoms with Crippen molar-refractivity contribution in [3.8, 4) is 0 Å². The van der Waals surface area contributed by atoms with Crippen LogP contribution in [-0.2, 0) is 28.6 Å². The zero-order chi connectivity index (χ0) is 45.1. The van der Waals surface area contributed by atoms with E-state index < -0.39 is 6.10 Å². The minimum atomic E-state index is -0.846. The van der Waals surface area contributed by atoms with Crippen LogP contribution >= 0.6 is 0 Å². The van der Waals surface area contributed by atoms with Crippen LogP contribution in [-0.4, -0.2) is 37.2 Å². The van der Waals surface area contributed by atoms with Gasteiger partial charge in [-0.15, -0.1) is 0 Å². The third-order valence-electron chi connectivity index (χ3n) is 8.74. The van der Waals surface area contributed by atoms with Gasteiger partial charge in [-0.05, 0) is 83.5 Å². The zero-order valence-corrected chi connectivity index (χ0v) is 38.5. The molecule has 0 radical (unpaired) electrons. The van der Waals surface area contributed by atoms with Gasteiger partial charge in [-0.2, -0.15) is 0 Å². The second-order valence-electron chi connectivity index (χ2n) is 14.4. The summed E-state index contributed by atoms with van der Waals surface area (Å²) < 4.78 is 16.6. The van der Waals surface area contributed by atoms with Gasteiger partial charge in [-0.3, -0.25) is 14.4 Å². The van der Waals surface area contributed by atoms with Gasteiger partial charge < -0.3 is 14.2 Å². The molecule has 0 aromatic heterocycles. The first-order valence-corrected chi connectivity index (χ1v) is 23.3. The number of unbranched alkanes of at least 4 members (excludes halogenated alkanes) is 8. The molecule has 0 rings (SSSR count). The smallest absolute Gasteiger partial charge is 0.306 e. The van der Waals surface area contributed by atoms with E-state index in [1.807, 2.05) is 115 Å². The van der Waals surface area contributed by atoms with Crippen LogP contribution in [0.15, 0.2) is 170 Å². The molecule has 1 atom stereocenters. The molecule has 0 aliphatic carbocycles. The van der Waals surface area contributed by atoms with Crippen molar-refractivity contribution in [3.05, 3.63) is 170 Å². The molecular formula is C56H80O6. The van der Waals surface area contributed by atoms with Gasteiger partial charge in [-0.1, -0.05) is 210 Å². The Morgan fingerprint density at radius 2 is 0.677 bits per heavy atom. The molecule has 0 saturated heterocycles. The van der Waals surface area contributed by atoms with Crippen molar-refractivity contribution >= 4 is 17.9 Å². The predicted octanol–water partition coefficient (Wildman–Crippen LogP) is 15.2. The summed E-state index contributed by atoms with van der Waals surface area (Å²) in [7, 11) is 0. The molecule has 0 bridgehead atoms. The minimum Gasteiger partial charge on any atom is -0.462 e. The topological polar surface area (TPSA) is 78.9 Å². The Bertz CT molecular complexity index is 1530. The number of hydrogen-bond acceptors (Lipinski definition) is 6. The van der Waals surface area contributed by atoms with Crippen molar-refractivity contribution < 1.29 is 28.6 Å². The maximum Gasteiger partial charge on any atom is 0.306 e. The van der Waals surface area contributed by atoms with Crippen molar-refractivity contribution in [2.24, 2.45) is 0 Å². The van der Waals surface area contributed by atoms with Crippen molar-refractivity contribution in [1.82, 2.24) is 0 Å². The highest BCUT2D eigenvalue weighted by molar-refractivity contribution is 5.71. The van der Waals surface area contributed by atoms with Crippen molar-refractivity contribution in [3.63, 3.8) is 0 Å². The number of allylic oxidation sites excluding steroid dienone is 28. The van der Waals surface area contributed by atoms with Crippen LogP contribution in [0.4, 0.5) is 0 Å². The number of hydrogen-bond donors (Lipinski definition) is 0. The molecule has 0 fully saturated rings. The molecule has 62 heavy (non-hydrogen) atoms. The van der Waals surface area contributed by atoms with Crippen molar-refractivity contribution in [2.45, 2.75) is 149 Å². The Kier molecular flexibility index (Phi) is 44.4. The van der Waals surface area contributed by atoms with Gasteiger partial charge in [0.25, 0.3) is 0 Å². The summed E-state index contributed by atoms with van der Waals surface area (Å²) >= 11 is 0. The number of carbonyl (C=O) groups is 3. The summed E-state index contributed by atoms with van der Waals surface area (Å²) in [5.41, 5.74) is 0. The molecule has 6 nitrogen and oxygen atoms in total. The van der Waals surface area contributed by atoms with E-state index in [2.05, 4.69) is 75.5 Å². The Morgan fingerprint density at radius 3 is 1.16 bits per heavy atom. The first-order chi connectivity index (χ1) is 30.5. The first kappa shape index (κ1) is 56.8. The molecule has 0 amide bonds. The third kappa shape index (κ3) is 45.8. The molecule has 0 aliphatic heterocycles. The van der Waals surface area contributed by atoms with Gasteiger partial charge in [0.1, 0.15) is 13.2 Å². The Balaban J connectivity index is 4.67. The average molecular weight is 849 g/mol. The summed E-state index contributed by atoms with van der Waals surface area (Å²) in [6.07, 6.45) is 71.9. The molecule has 0 N–H and O–H groups in total. The molecule has 6 heteroatoms. The Morgan fingerprint density at radius 1 is 0.339 bits per heavy atom. The van der Waals surface area contributed by atoms with Gasteiger partial charge >= 0.3 is 17.9 Å². The van der Waals surface area contributed by atoms with Crippen LogP contribution in [0, 0.1) is 0 Å². The summed E-state index contributed by atoms with van der Waals surface area (Å²) in [6.45, 7) is 6.06. The maximum atomic E-state index is 12.7. The third-order valence-corrected chi connectivity index (χ3v) is 8.74. The van der Waals surface area contributed by atoms with Gasteiger partial charge in [0, 0.05) is 19.3 Å². The van der Waals surface area contributed by atoms with Crippen LogP contribution in [0.3, 0.4) is 0 Å². The normalized spacial score (nSPS) is 13.7. The summed E-state index contributed by atoms with van der Waals surface area (Å²) in [5.74, 6) is -1.10. The second kappa shape index (κ2) is 48.4. The molecule has 0 aliphatic rings. The van der Waals surface area contributed by atoms with E-state index in [0.29, 0.717) is 19.3 Å². The maximum absolute atomic E-state index is 12.7. The van der Waals surface area contributed by atoms with E-state index in [0.717, 1.165) is 83.5 Å². The van der Waals surface area contributed by atoms with Crippen LogP contribution < -0.4 is 0 Å². The Labute approximate surface area is 377 Å². The van der Waals surface area contributed by atoms with Crippen molar-refractivity contribution in [1.29, 1.82) is 0 Å². The minimum absolute atomic E-state index is 0.143. The fourth-order valence-electron chi connectivity index (χ4n) is 5.34. The van der Waals surface area contributed by atoms with Crippen molar-refractivity contribution in [2.75, 3.05) is 13.2 Å². The lowest BCUT2D eigenvalue weighted by atomic mass is 10.1. The number of carbonyl (C=O) groups excluding carboxylic acids is 3. The highest BCUT2D eigenvalue weighted by Crippen LogP contribution is 2.11. The summed E-state index contributed by atoms with van der Waals surface area (Å²) in [5, 5.41) is 0. The van der Waals surface area contributed by atoms with E-state index in [9.17, 15) is 14.4 Å². The second-order valence-corrected chi connectivity index (χ2v) is 14.4. The fraction of sp³-hybridized carbons (Fsp3) is 0.446. The van der Waals surface area contributed by atoms with E-state index in [4.69, 9.17) is 14.2 Å².